The number of unbranched alkanes of at least 4 members (excludes halogenated alkanes) is 10. The lowest BCUT2D eigenvalue weighted by molar-refractivity contribution is -0.137. The van der Waals surface area contributed by atoms with Crippen LogP contribution < -0.4 is 5.73 Å². The fourth-order valence-corrected chi connectivity index (χ4v) is 2.27. The molecule has 0 spiro atoms. The molecule has 0 aliphatic heterocycles. The third-order valence-electron chi connectivity index (χ3n) is 3.80. The van der Waals surface area contributed by atoms with Crippen LogP contribution in [-0.2, 0) is 9.59 Å². The number of carbonyl (C=O) groups is 2. The van der Waals surface area contributed by atoms with Gasteiger partial charge in [-0.3, -0.25) is 9.59 Å². The van der Waals surface area contributed by atoms with Gasteiger partial charge in [-0.1, -0.05) is 71.1 Å². The number of aliphatic carboxylic acids is 1. The third-order valence-corrected chi connectivity index (χ3v) is 3.80. The summed E-state index contributed by atoms with van der Waals surface area (Å²) in [6, 6.07) is 0. The van der Waals surface area contributed by atoms with Crippen molar-refractivity contribution in [1.82, 2.24) is 4.90 Å². The lowest BCUT2D eigenvalue weighted by atomic mass is 10.1. The molecule has 0 rings (SSSR count). The van der Waals surface area contributed by atoms with Gasteiger partial charge in [-0.05, 0) is 20.5 Å². The first-order valence-electron chi connectivity index (χ1n) is 9.55. The van der Waals surface area contributed by atoms with Gasteiger partial charge in [0.2, 0.25) is 5.91 Å². The maximum atomic E-state index is 10.3. The van der Waals surface area contributed by atoms with E-state index in [-0.39, 0.29) is 5.91 Å². The molecule has 0 bridgehead atoms. The Bertz CT molecular complexity index is 294. The highest BCUT2D eigenvalue weighted by molar-refractivity contribution is 5.73. The van der Waals surface area contributed by atoms with Gasteiger partial charge in [0.25, 0.3) is 0 Å². The Hall–Kier alpha value is -1.10. The quantitative estimate of drug-likeness (QED) is 0.436. The summed E-state index contributed by atoms with van der Waals surface area (Å²) < 4.78 is 0. The van der Waals surface area contributed by atoms with Gasteiger partial charge in [-0.25, -0.2) is 0 Å². The van der Waals surface area contributed by atoms with E-state index < -0.39 is 5.97 Å². The number of primary amides is 1. The van der Waals surface area contributed by atoms with E-state index in [0.29, 0.717) is 12.8 Å². The van der Waals surface area contributed by atoms with Crippen LogP contribution in [0.5, 0.6) is 0 Å². The van der Waals surface area contributed by atoms with Crippen molar-refractivity contribution in [3.63, 3.8) is 0 Å². The molecular weight excluding hydrogens is 304 g/mol. The average molecular weight is 345 g/mol. The SMILES string of the molecule is CCCCCCCCCCCCCC(=O)O.CN(C)CCC(N)=O. The summed E-state index contributed by atoms with van der Waals surface area (Å²) in [7, 11) is 3.81. The Balaban J connectivity index is 0. The summed E-state index contributed by atoms with van der Waals surface area (Å²) in [6.45, 7) is 2.99. The van der Waals surface area contributed by atoms with Crippen molar-refractivity contribution < 1.29 is 14.7 Å². The summed E-state index contributed by atoms with van der Waals surface area (Å²) in [6.07, 6.45) is 14.8. The molecule has 0 aromatic heterocycles. The van der Waals surface area contributed by atoms with E-state index in [0.717, 1.165) is 19.4 Å². The van der Waals surface area contributed by atoms with E-state index in [1.54, 1.807) is 0 Å². The molecule has 3 N–H and O–H groups in total. The fraction of sp³-hybridized carbons (Fsp3) is 0.895. The second kappa shape index (κ2) is 19.9. The van der Waals surface area contributed by atoms with Gasteiger partial charge in [0.1, 0.15) is 0 Å². The number of carboxylic acids is 1. The third kappa shape index (κ3) is 29.0. The van der Waals surface area contributed by atoms with Gasteiger partial charge < -0.3 is 15.7 Å². The number of carboxylic acid groups (broad SMARTS) is 1. The van der Waals surface area contributed by atoms with Gasteiger partial charge in [0, 0.05) is 19.4 Å². The molecule has 0 heterocycles. The molecule has 144 valence electrons. The highest BCUT2D eigenvalue weighted by atomic mass is 16.4. The predicted octanol–water partition coefficient (Wildman–Crippen LogP) is 4.20. The van der Waals surface area contributed by atoms with Gasteiger partial charge in [0.15, 0.2) is 0 Å². The molecule has 0 atom stereocenters. The maximum Gasteiger partial charge on any atom is 0.303 e. The predicted molar refractivity (Wildman–Crippen MR) is 101 cm³/mol. The Morgan fingerprint density at radius 1 is 0.792 bits per heavy atom. The first kappa shape index (κ1) is 25.1. The van der Waals surface area contributed by atoms with E-state index in [1.165, 1.54) is 57.8 Å². The Kier molecular flexibility index (Phi) is 20.9. The minimum atomic E-state index is -0.657. The topological polar surface area (TPSA) is 83.6 Å². The molecule has 0 aliphatic carbocycles. The zero-order valence-electron chi connectivity index (χ0n) is 16.2. The molecule has 0 unspecified atom stereocenters. The zero-order valence-corrected chi connectivity index (χ0v) is 16.2. The molecule has 0 aliphatic rings. The molecule has 5 heteroatoms. The van der Waals surface area contributed by atoms with Crippen molar-refractivity contribution in [2.45, 2.75) is 90.4 Å². The zero-order chi connectivity index (χ0) is 18.6. The van der Waals surface area contributed by atoms with Gasteiger partial charge >= 0.3 is 5.97 Å². The largest absolute Gasteiger partial charge is 0.481 e. The summed E-state index contributed by atoms with van der Waals surface area (Å²) in [5.74, 6) is -0.894. The van der Waals surface area contributed by atoms with Crippen LogP contribution in [0.15, 0.2) is 0 Å². The lowest BCUT2D eigenvalue weighted by Crippen LogP contribution is -2.20. The van der Waals surface area contributed by atoms with Gasteiger partial charge in [0.05, 0.1) is 0 Å². The van der Waals surface area contributed by atoms with Crippen LogP contribution in [0.2, 0.25) is 0 Å². The number of hydrogen-bond acceptors (Lipinski definition) is 3. The number of amides is 1. The molecule has 24 heavy (non-hydrogen) atoms. The van der Waals surface area contributed by atoms with Crippen LogP contribution in [0.1, 0.15) is 90.4 Å². The second-order valence-electron chi connectivity index (χ2n) is 6.70. The Morgan fingerprint density at radius 3 is 1.50 bits per heavy atom. The van der Waals surface area contributed by atoms with E-state index >= 15 is 0 Å². The normalized spacial score (nSPS) is 10.3. The monoisotopic (exact) mass is 344 g/mol. The number of rotatable bonds is 15. The molecule has 0 fully saturated rings. The van der Waals surface area contributed by atoms with Crippen molar-refractivity contribution in [3.8, 4) is 0 Å². The Labute approximate surface area is 149 Å². The van der Waals surface area contributed by atoms with Gasteiger partial charge in [-0.15, -0.1) is 0 Å². The minimum absolute atomic E-state index is 0.237. The summed E-state index contributed by atoms with van der Waals surface area (Å²) in [5, 5.41) is 8.46. The van der Waals surface area contributed by atoms with Crippen molar-refractivity contribution in [1.29, 1.82) is 0 Å². The smallest absolute Gasteiger partial charge is 0.303 e. The molecule has 0 saturated carbocycles. The van der Waals surface area contributed by atoms with Crippen LogP contribution in [-0.4, -0.2) is 42.5 Å². The second-order valence-corrected chi connectivity index (χ2v) is 6.70. The fourth-order valence-electron chi connectivity index (χ4n) is 2.27. The molecule has 0 aromatic rings. The van der Waals surface area contributed by atoms with Crippen molar-refractivity contribution in [3.05, 3.63) is 0 Å². The van der Waals surface area contributed by atoms with Crippen LogP contribution in [0, 0.1) is 0 Å². The number of hydrogen-bond donors (Lipinski definition) is 2. The average Bonchev–Trinajstić information content (AvgIpc) is 2.51. The molecular formula is C19H40N2O3. The van der Waals surface area contributed by atoms with E-state index in [2.05, 4.69) is 6.92 Å². The Morgan fingerprint density at radius 2 is 1.21 bits per heavy atom. The number of carbonyl (C=O) groups excluding carboxylic acids is 1. The van der Waals surface area contributed by atoms with Crippen LogP contribution in [0.4, 0.5) is 0 Å². The first-order chi connectivity index (χ1) is 11.4. The highest BCUT2D eigenvalue weighted by Gasteiger charge is 1.96. The maximum absolute atomic E-state index is 10.3. The van der Waals surface area contributed by atoms with E-state index in [1.807, 2.05) is 19.0 Å². The molecule has 0 aromatic carbocycles. The lowest BCUT2D eigenvalue weighted by Gasteiger charge is -2.05. The van der Waals surface area contributed by atoms with Crippen LogP contribution in [0.25, 0.3) is 0 Å². The van der Waals surface area contributed by atoms with Crippen molar-refractivity contribution >= 4 is 11.9 Å². The first-order valence-corrected chi connectivity index (χ1v) is 9.55. The summed E-state index contributed by atoms with van der Waals surface area (Å²) in [5.41, 5.74) is 4.88. The van der Waals surface area contributed by atoms with Crippen LogP contribution in [0.3, 0.4) is 0 Å². The molecule has 1 amide bonds. The standard InChI is InChI=1S/C14H28O2.C5H12N2O/c1-2-3-4-5-6-7-8-9-10-11-12-13-14(15)16;1-7(2)4-3-5(6)8/h2-13H2,1H3,(H,15,16);3-4H2,1-2H3,(H2,6,8). The number of nitrogens with zero attached hydrogens (tertiary/aromatic N) is 1. The van der Waals surface area contributed by atoms with E-state index in [4.69, 9.17) is 10.8 Å². The highest BCUT2D eigenvalue weighted by Crippen LogP contribution is 2.11. The minimum Gasteiger partial charge on any atom is -0.481 e. The molecule has 5 nitrogen and oxygen atoms in total. The molecule has 0 radical (unpaired) electrons. The van der Waals surface area contributed by atoms with Crippen LogP contribution >= 0.6 is 0 Å². The van der Waals surface area contributed by atoms with Crippen molar-refractivity contribution in [2.24, 2.45) is 5.73 Å². The summed E-state index contributed by atoms with van der Waals surface area (Å²) >= 11 is 0. The number of nitrogens with two attached hydrogens (primary N) is 1. The van der Waals surface area contributed by atoms with Crippen molar-refractivity contribution in [2.75, 3.05) is 20.6 Å². The van der Waals surface area contributed by atoms with E-state index in [9.17, 15) is 9.59 Å². The summed E-state index contributed by atoms with van der Waals surface area (Å²) in [4.78, 5) is 22.3. The van der Waals surface area contributed by atoms with Gasteiger partial charge in [-0.2, -0.15) is 0 Å². The molecule has 0 saturated heterocycles.